The van der Waals surface area contributed by atoms with Crippen LogP contribution in [0, 0.1) is 11.8 Å². The number of carboxylic acid groups (broad SMARTS) is 1. The van der Waals surface area contributed by atoms with E-state index in [0.29, 0.717) is 30.7 Å². The number of carbonyl (C=O) groups is 3. The summed E-state index contributed by atoms with van der Waals surface area (Å²) in [7, 11) is 0. The van der Waals surface area contributed by atoms with Crippen LogP contribution >= 0.6 is 0 Å². The molecule has 1 aromatic rings. The lowest BCUT2D eigenvalue weighted by Crippen LogP contribution is -2.36. The van der Waals surface area contributed by atoms with E-state index < -0.39 is 23.8 Å². The summed E-state index contributed by atoms with van der Waals surface area (Å²) in [6.45, 7) is 5.87. The lowest BCUT2D eigenvalue weighted by Gasteiger charge is -2.29. The van der Waals surface area contributed by atoms with Gasteiger partial charge >= 0.3 is 11.9 Å². The van der Waals surface area contributed by atoms with E-state index in [1.807, 2.05) is 13.8 Å². The number of allylic oxidation sites excluding steroid dienone is 2. The first-order valence-corrected chi connectivity index (χ1v) is 8.29. The molecule has 0 aliphatic heterocycles. The molecule has 0 unspecified atom stereocenters. The number of rotatable bonds is 5. The van der Waals surface area contributed by atoms with E-state index in [2.05, 4.69) is 5.32 Å². The van der Waals surface area contributed by atoms with Gasteiger partial charge in [-0.25, -0.2) is 4.79 Å². The summed E-state index contributed by atoms with van der Waals surface area (Å²) in [4.78, 5) is 35.7. The van der Waals surface area contributed by atoms with Gasteiger partial charge < -0.3 is 15.2 Å². The summed E-state index contributed by atoms with van der Waals surface area (Å²) in [6, 6.07) is 6.35. The molecule has 25 heavy (non-hydrogen) atoms. The van der Waals surface area contributed by atoms with Gasteiger partial charge in [0.05, 0.1) is 24.0 Å². The van der Waals surface area contributed by atoms with Crippen molar-refractivity contribution in [1.29, 1.82) is 0 Å². The topological polar surface area (TPSA) is 92.7 Å². The summed E-state index contributed by atoms with van der Waals surface area (Å²) in [5.41, 5.74) is 3.02. The Balaban J connectivity index is 2.10. The molecule has 0 aromatic heterocycles. The van der Waals surface area contributed by atoms with E-state index in [4.69, 9.17) is 4.74 Å². The normalized spacial score (nSPS) is 20.1. The molecule has 2 rings (SSSR count). The molecule has 2 N–H and O–H groups in total. The number of aliphatic carboxylic acids is 1. The lowest BCUT2D eigenvalue weighted by atomic mass is 9.76. The fourth-order valence-electron chi connectivity index (χ4n) is 2.97. The van der Waals surface area contributed by atoms with Crippen molar-refractivity contribution in [1.82, 2.24) is 0 Å². The molecule has 0 saturated carbocycles. The number of nitrogens with one attached hydrogen (secondary N) is 1. The van der Waals surface area contributed by atoms with Crippen LogP contribution < -0.4 is 5.32 Å². The Labute approximate surface area is 146 Å². The van der Waals surface area contributed by atoms with Gasteiger partial charge in [-0.15, -0.1) is 0 Å². The molecule has 1 amide bonds. The first-order valence-electron chi connectivity index (χ1n) is 8.29. The SMILES string of the molecule is CCOC(=O)c1ccc(NC(=O)[C@@H]2CC(C)=C(C)C[C@@H]2C(=O)O)cc1. The standard InChI is InChI=1S/C19H23NO5/c1-4-25-19(24)13-5-7-14(8-6-13)20-17(21)15-9-11(2)12(3)10-16(15)18(22)23/h5-8,15-16H,4,9-10H2,1-3H3,(H,20,21)(H,22,23)/t15-,16+/m1/s1. The second kappa shape index (κ2) is 7.96. The molecule has 0 radical (unpaired) electrons. The second-order valence-corrected chi connectivity index (χ2v) is 6.31. The van der Waals surface area contributed by atoms with Crippen LogP contribution in [0.1, 0.15) is 44.0 Å². The largest absolute Gasteiger partial charge is 0.481 e. The van der Waals surface area contributed by atoms with Crippen LogP contribution in [0.2, 0.25) is 0 Å². The number of carbonyl (C=O) groups excluding carboxylic acids is 2. The minimum absolute atomic E-state index is 0.294. The van der Waals surface area contributed by atoms with Crippen molar-refractivity contribution in [2.45, 2.75) is 33.6 Å². The Morgan fingerprint density at radius 1 is 1.08 bits per heavy atom. The van der Waals surface area contributed by atoms with Gasteiger partial charge in [-0.05, 0) is 57.9 Å². The molecule has 1 aromatic carbocycles. The van der Waals surface area contributed by atoms with Crippen molar-refractivity contribution in [3.8, 4) is 0 Å². The van der Waals surface area contributed by atoms with Crippen molar-refractivity contribution in [3.05, 3.63) is 41.0 Å². The molecule has 0 spiro atoms. The molecule has 0 bridgehead atoms. The molecule has 0 fully saturated rings. The number of benzene rings is 1. The Morgan fingerprint density at radius 2 is 1.64 bits per heavy atom. The van der Waals surface area contributed by atoms with Gasteiger partial charge in [0.15, 0.2) is 0 Å². The molecule has 6 nitrogen and oxygen atoms in total. The summed E-state index contributed by atoms with van der Waals surface area (Å²) >= 11 is 0. The van der Waals surface area contributed by atoms with Crippen LogP contribution in [0.5, 0.6) is 0 Å². The quantitative estimate of drug-likeness (QED) is 0.631. The Hall–Kier alpha value is -2.63. The predicted octanol–water partition coefficient (Wildman–Crippen LogP) is 3.25. The van der Waals surface area contributed by atoms with E-state index in [9.17, 15) is 19.5 Å². The molecule has 6 heteroatoms. The van der Waals surface area contributed by atoms with Gasteiger partial charge in [0.25, 0.3) is 0 Å². The molecular weight excluding hydrogens is 322 g/mol. The van der Waals surface area contributed by atoms with Crippen molar-refractivity contribution < 1.29 is 24.2 Å². The third-order valence-electron chi connectivity index (χ3n) is 4.58. The first kappa shape index (κ1) is 18.7. The molecule has 0 heterocycles. The Kier molecular flexibility index (Phi) is 5.96. The van der Waals surface area contributed by atoms with Gasteiger partial charge in [-0.3, -0.25) is 9.59 Å². The first-order chi connectivity index (χ1) is 11.8. The van der Waals surface area contributed by atoms with Gasteiger partial charge in [0.2, 0.25) is 5.91 Å². The number of esters is 1. The van der Waals surface area contributed by atoms with Gasteiger partial charge in [-0.1, -0.05) is 11.1 Å². The van der Waals surface area contributed by atoms with E-state index in [0.717, 1.165) is 11.1 Å². The molecular formula is C19H23NO5. The molecule has 1 aliphatic carbocycles. The van der Waals surface area contributed by atoms with Crippen molar-refractivity contribution in [3.63, 3.8) is 0 Å². The van der Waals surface area contributed by atoms with Crippen LogP contribution in [0.25, 0.3) is 0 Å². The van der Waals surface area contributed by atoms with Crippen LogP contribution in [0.4, 0.5) is 5.69 Å². The number of amides is 1. The van der Waals surface area contributed by atoms with E-state index in [-0.39, 0.29) is 5.91 Å². The van der Waals surface area contributed by atoms with Crippen molar-refractivity contribution >= 4 is 23.5 Å². The summed E-state index contributed by atoms with van der Waals surface area (Å²) in [5.74, 6) is -3.02. The van der Waals surface area contributed by atoms with Crippen LogP contribution in [-0.4, -0.2) is 29.6 Å². The third kappa shape index (κ3) is 4.47. The zero-order valence-corrected chi connectivity index (χ0v) is 14.7. The summed E-state index contributed by atoms with van der Waals surface area (Å²) in [6.07, 6.45) is 0.830. The Bertz CT molecular complexity index is 705. The molecule has 1 aliphatic rings. The minimum Gasteiger partial charge on any atom is -0.481 e. The maximum absolute atomic E-state index is 12.6. The highest BCUT2D eigenvalue weighted by atomic mass is 16.5. The highest BCUT2D eigenvalue weighted by Crippen LogP contribution is 2.35. The fraction of sp³-hybridized carbons (Fsp3) is 0.421. The maximum Gasteiger partial charge on any atom is 0.338 e. The van der Waals surface area contributed by atoms with Crippen molar-refractivity contribution in [2.24, 2.45) is 11.8 Å². The van der Waals surface area contributed by atoms with Gasteiger partial charge in [-0.2, -0.15) is 0 Å². The van der Waals surface area contributed by atoms with Crippen LogP contribution in [-0.2, 0) is 14.3 Å². The van der Waals surface area contributed by atoms with E-state index in [1.54, 1.807) is 31.2 Å². The highest BCUT2D eigenvalue weighted by Gasteiger charge is 2.37. The van der Waals surface area contributed by atoms with Crippen molar-refractivity contribution in [2.75, 3.05) is 11.9 Å². The monoisotopic (exact) mass is 345 g/mol. The second-order valence-electron chi connectivity index (χ2n) is 6.31. The highest BCUT2D eigenvalue weighted by molar-refractivity contribution is 5.96. The Morgan fingerprint density at radius 3 is 2.16 bits per heavy atom. The van der Waals surface area contributed by atoms with Crippen LogP contribution in [0.3, 0.4) is 0 Å². The average Bonchev–Trinajstić information content (AvgIpc) is 2.57. The number of anilines is 1. The summed E-state index contributed by atoms with van der Waals surface area (Å²) < 4.78 is 4.91. The van der Waals surface area contributed by atoms with Gasteiger partial charge in [0.1, 0.15) is 0 Å². The molecule has 134 valence electrons. The third-order valence-corrected chi connectivity index (χ3v) is 4.58. The average molecular weight is 345 g/mol. The van der Waals surface area contributed by atoms with Crippen LogP contribution in [0.15, 0.2) is 35.4 Å². The number of hydrogen-bond donors (Lipinski definition) is 2. The fourth-order valence-corrected chi connectivity index (χ4v) is 2.97. The zero-order valence-electron chi connectivity index (χ0n) is 14.7. The van der Waals surface area contributed by atoms with Gasteiger partial charge in [0, 0.05) is 5.69 Å². The van der Waals surface area contributed by atoms with E-state index >= 15 is 0 Å². The van der Waals surface area contributed by atoms with E-state index in [1.165, 1.54) is 0 Å². The number of carboxylic acids is 1. The predicted molar refractivity (Wildman–Crippen MR) is 93.3 cm³/mol. The molecule has 0 saturated heterocycles. The lowest BCUT2D eigenvalue weighted by molar-refractivity contribution is -0.146. The summed E-state index contributed by atoms with van der Waals surface area (Å²) in [5, 5.41) is 12.2. The molecule has 2 atom stereocenters. The minimum atomic E-state index is -0.954. The number of hydrogen-bond acceptors (Lipinski definition) is 4. The maximum atomic E-state index is 12.6. The smallest absolute Gasteiger partial charge is 0.338 e. The number of ether oxygens (including phenoxy) is 1. The zero-order chi connectivity index (χ0) is 18.6.